The maximum atomic E-state index is 14.5. The zero-order valence-corrected chi connectivity index (χ0v) is 44.1. The zero-order chi connectivity index (χ0) is 51.7. The summed E-state index contributed by atoms with van der Waals surface area (Å²) in [5.41, 5.74) is 1.28. The molecule has 1 aliphatic carbocycles. The number of methoxy groups -OCH3 is 3. The molecule has 3 aliphatic heterocycles. The van der Waals surface area contributed by atoms with E-state index in [0.717, 1.165) is 18.4 Å². The van der Waals surface area contributed by atoms with Crippen molar-refractivity contribution in [2.45, 2.75) is 187 Å². The Morgan fingerprint density at radius 1 is 0.843 bits per heavy atom. The van der Waals surface area contributed by atoms with E-state index in [1.54, 1.807) is 41.1 Å². The molecule has 70 heavy (non-hydrogen) atoms. The first kappa shape index (κ1) is 59.2. The van der Waals surface area contributed by atoms with Gasteiger partial charge in [0.25, 0.3) is 11.7 Å². The SMILES string of the molecule is CCOCCO[C@H]1CC[C@@H](C[C@@H](C)[C@@H]2CC(=O)[C@H](C)/C=C(\C)[C@@H](O)[C@@H](OC)C(=O)[C@H](C)C[C@H](C)/C=C/C=C/C=C(\C)[C@@H](OC)C[C@@H]3CC[C@@H](C)[C@@](O)(O3)C(=O)C(=O)N3CCCC[C@H]3C(=O)O2)C[C@H]1OC. The molecule has 2 N–H and O–H groups in total. The second-order valence-electron chi connectivity index (χ2n) is 20.6. The Morgan fingerprint density at radius 2 is 1.59 bits per heavy atom. The maximum Gasteiger partial charge on any atom is 0.329 e. The monoisotopic (exact) mass is 986 g/mol. The van der Waals surface area contributed by atoms with E-state index in [-0.39, 0.29) is 60.9 Å². The van der Waals surface area contributed by atoms with Gasteiger partial charge in [0.2, 0.25) is 5.79 Å². The van der Waals surface area contributed by atoms with Gasteiger partial charge in [-0.1, -0.05) is 71.1 Å². The van der Waals surface area contributed by atoms with Gasteiger partial charge in [-0.3, -0.25) is 19.2 Å². The Morgan fingerprint density at radius 3 is 2.27 bits per heavy atom. The van der Waals surface area contributed by atoms with E-state index in [4.69, 9.17) is 33.2 Å². The van der Waals surface area contributed by atoms with E-state index < -0.39 is 77.8 Å². The second kappa shape index (κ2) is 28.7. The van der Waals surface area contributed by atoms with Gasteiger partial charge in [-0.15, -0.1) is 0 Å². The van der Waals surface area contributed by atoms with Crippen LogP contribution in [0.1, 0.15) is 132 Å². The lowest BCUT2D eigenvalue weighted by molar-refractivity contribution is -0.265. The van der Waals surface area contributed by atoms with Crippen LogP contribution in [0.3, 0.4) is 0 Å². The number of fused-ring (bicyclic) bond motifs is 3. The molecular formula is C55H87NO14. The summed E-state index contributed by atoms with van der Waals surface area (Å²) in [6, 6.07) is -1.14. The van der Waals surface area contributed by atoms with Crippen LogP contribution < -0.4 is 0 Å². The van der Waals surface area contributed by atoms with Crippen LogP contribution in [0.15, 0.2) is 47.6 Å². The van der Waals surface area contributed by atoms with Crippen LogP contribution >= 0.6 is 0 Å². The second-order valence-corrected chi connectivity index (χ2v) is 20.6. The van der Waals surface area contributed by atoms with E-state index in [0.29, 0.717) is 76.8 Å². The van der Waals surface area contributed by atoms with E-state index in [2.05, 4.69) is 0 Å². The molecule has 15 atom stereocenters. The number of allylic oxidation sites excluding steroid dienone is 6. The molecule has 3 heterocycles. The zero-order valence-electron chi connectivity index (χ0n) is 44.1. The summed E-state index contributed by atoms with van der Waals surface area (Å²) in [6.45, 7) is 16.4. The summed E-state index contributed by atoms with van der Waals surface area (Å²) in [6.07, 6.45) is 12.4. The number of nitrogens with zero attached hydrogens (tertiary/aromatic N) is 1. The van der Waals surface area contributed by atoms with Crippen molar-refractivity contribution in [3.05, 3.63) is 47.6 Å². The van der Waals surface area contributed by atoms with Crippen molar-refractivity contribution in [3.63, 3.8) is 0 Å². The van der Waals surface area contributed by atoms with Crippen molar-refractivity contribution in [1.82, 2.24) is 4.90 Å². The van der Waals surface area contributed by atoms with Gasteiger partial charge in [0.1, 0.15) is 30.1 Å². The highest BCUT2D eigenvalue weighted by atomic mass is 16.6. The predicted molar refractivity (Wildman–Crippen MR) is 265 cm³/mol. The molecule has 4 aliphatic rings. The third-order valence-electron chi connectivity index (χ3n) is 15.2. The molecular weight excluding hydrogens is 899 g/mol. The smallest absolute Gasteiger partial charge is 0.329 e. The predicted octanol–water partition coefficient (Wildman–Crippen LogP) is 7.24. The van der Waals surface area contributed by atoms with Crippen molar-refractivity contribution in [3.8, 4) is 0 Å². The van der Waals surface area contributed by atoms with Crippen molar-refractivity contribution >= 4 is 29.2 Å². The molecule has 15 nitrogen and oxygen atoms in total. The van der Waals surface area contributed by atoms with Gasteiger partial charge < -0.3 is 48.3 Å². The first-order valence-electron chi connectivity index (χ1n) is 26.0. The minimum atomic E-state index is -2.43. The highest BCUT2D eigenvalue weighted by Gasteiger charge is 2.53. The molecule has 0 aromatic rings. The summed E-state index contributed by atoms with van der Waals surface area (Å²) >= 11 is 0. The summed E-state index contributed by atoms with van der Waals surface area (Å²) in [7, 11) is 4.64. The number of aliphatic hydroxyl groups excluding tert-OH is 1. The first-order chi connectivity index (χ1) is 33.3. The van der Waals surface area contributed by atoms with Crippen LogP contribution in [0.2, 0.25) is 0 Å². The quantitative estimate of drug-likeness (QED) is 0.0911. The number of ether oxygens (including phenoxy) is 7. The number of hydrogen-bond donors (Lipinski definition) is 2. The van der Waals surface area contributed by atoms with Crippen LogP contribution in [0.25, 0.3) is 0 Å². The minimum Gasteiger partial charge on any atom is -0.460 e. The van der Waals surface area contributed by atoms with E-state index in [9.17, 15) is 34.2 Å². The molecule has 0 aromatic carbocycles. The van der Waals surface area contributed by atoms with Gasteiger partial charge in [-0.2, -0.15) is 0 Å². The standard InChI is InChI=1S/C55H87NO14/c1-12-67-26-27-68-45-24-22-41(31-48(45)65-10)30-37(5)47-33-44(57)36(4)29-39(7)50(59)51(66-11)49(58)38(6)28-34(2)18-14-13-15-19-35(3)46(64-9)32-42-23-21-40(8)55(63,70-42)52(60)53(61)56-25-17-16-20-43(56)54(62)69-47/h13-15,18-19,29,34,36-38,40-43,45-48,50-51,59,63H,12,16-17,20-28,30-33H2,1-11H3/b15-13+,18-14+,35-19+,39-29+/t34-,36-,37-,38-,40-,41+,42+,43+,45+,46+,47+,48-,50-,51+,55-/m1/s1. The highest BCUT2D eigenvalue weighted by molar-refractivity contribution is 6.39. The van der Waals surface area contributed by atoms with Gasteiger partial charge in [-0.25, -0.2) is 4.79 Å². The number of ketones is 3. The van der Waals surface area contributed by atoms with Gasteiger partial charge >= 0.3 is 5.97 Å². The van der Waals surface area contributed by atoms with Crippen molar-refractivity contribution in [2.24, 2.45) is 35.5 Å². The number of esters is 1. The number of Topliss-reactive ketones (excluding diaryl/α,β-unsaturated/α-hetero) is 3. The Bertz CT molecular complexity index is 1840. The summed E-state index contributed by atoms with van der Waals surface area (Å²) < 4.78 is 41.5. The molecule has 396 valence electrons. The Labute approximate surface area is 418 Å². The molecule has 0 aromatic heterocycles. The summed E-state index contributed by atoms with van der Waals surface area (Å²) in [5, 5.41) is 23.5. The third kappa shape index (κ3) is 16.3. The molecule has 15 heteroatoms. The van der Waals surface area contributed by atoms with Crippen molar-refractivity contribution < 1.29 is 67.3 Å². The molecule has 2 bridgehead atoms. The number of carbonyl (C=O) groups is 5. The number of hydrogen-bond acceptors (Lipinski definition) is 14. The van der Waals surface area contributed by atoms with Crippen molar-refractivity contribution in [1.29, 1.82) is 0 Å². The number of piperidine rings is 1. The highest BCUT2D eigenvalue weighted by Crippen LogP contribution is 2.38. The lowest BCUT2D eigenvalue weighted by Gasteiger charge is -2.42. The largest absolute Gasteiger partial charge is 0.460 e. The number of rotatable bonds is 11. The normalized spacial score (nSPS) is 38.4. The molecule has 2 saturated heterocycles. The average Bonchev–Trinajstić information content (AvgIpc) is 3.34. The number of carbonyl (C=O) groups excluding carboxylic acids is 5. The van der Waals surface area contributed by atoms with E-state index >= 15 is 0 Å². The van der Waals surface area contributed by atoms with Gasteiger partial charge in [0, 0.05) is 65.1 Å². The molecule has 0 spiro atoms. The number of cyclic esters (lactones) is 1. The fraction of sp³-hybridized carbons (Fsp3) is 0.764. The van der Waals surface area contributed by atoms with Crippen LogP contribution in [-0.4, -0.2) is 147 Å². The Hall–Kier alpha value is -3.41. The fourth-order valence-electron chi connectivity index (χ4n) is 10.7. The summed E-state index contributed by atoms with van der Waals surface area (Å²) in [4.78, 5) is 72.4. The molecule has 4 rings (SSSR count). The van der Waals surface area contributed by atoms with Gasteiger partial charge in [-0.05, 0) is 114 Å². The van der Waals surface area contributed by atoms with Gasteiger partial charge in [0.05, 0.1) is 37.6 Å². The molecule has 0 radical (unpaired) electrons. The molecule has 1 amide bonds. The molecule has 3 fully saturated rings. The summed E-state index contributed by atoms with van der Waals surface area (Å²) in [5.74, 6) is -7.83. The first-order valence-corrected chi connectivity index (χ1v) is 26.0. The van der Waals surface area contributed by atoms with Crippen LogP contribution in [-0.2, 0) is 57.1 Å². The van der Waals surface area contributed by atoms with E-state index in [1.165, 1.54) is 12.0 Å². The average molecular weight is 986 g/mol. The maximum absolute atomic E-state index is 14.5. The Balaban J connectivity index is 1.68. The van der Waals surface area contributed by atoms with Crippen LogP contribution in [0, 0.1) is 35.5 Å². The topological polar surface area (TPSA) is 194 Å². The minimum absolute atomic E-state index is 0.0195. The third-order valence-corrected chi connectivity index (χ3v) is 15.2. The Kier molecular flexibility index (Phi) is 24.3. The van der Waals surface area contributed by atoms with Crippen molar-refractivity contribution in [2.75, 3.05) is 47.7 Å². The number of amides is 1. The lowest BCUT2D eigenvalue weighted by atomic mass is 9.78. The van der Waals surface area contributed by atoms with Gasteiger partial charge in [0.15, 0.2) is 5.78 Å². The van der Waals surface area contributed by atoms with Crippen LogP contribution in [0.5, 0.6) is 0 Å². The number of aliphatic hydroxyl groups is 2. The van der Waals surface area contributed by atoms with Crippen LogP contribution in [0.4, 0.5) is 0 Å². The molecule has 1 saturated carbocycles. The van der Waals surface area contributed by atoms with E-state index in [1.807, 2.05) is 65.0 Å². The lowest BCUT2D eigenvalue weighted by Crippen LogP contribution is -2.61. The molecule has 0 unspecified atom stereocenters. The fourth-order valence-corrected chi connectivity index (χ4v) is 10.7.